The number of nitro groups is 1. The average Bonchev–Trinajstić information content (AvgIpc) is 3.12. The van der Waals surface area contributed by atoms with Crippen molar-refractivity contribution in [2.45, 2.75) is 0 Å². The van der Waals surface area contributed by atoms with Gasteiger partial charge in [-0.2, -0.15) is 0 Å². The Kier molecular flexibility index (Phi) is 4.66. The van der Waals surface area contributed by atoms with Crippen LogP contribution in [0.5, 0.6) is 0 Å². The molecule has 0 aliphatic heterocycles. The highest BCUT2D eigenvalue weighted by molar-refractivity contribution is 6.31. The number of aromatic nitrogens is 1. The molecule has 144 valence electrons. The van der Waals surface area contributed by atoms with Gasteiger partial charge in [-0.15, -0.1) is 0 Å². The molecule has 8 heteroatoms. The van der Waals surface area contributed by atoms with Crippen LogP contribution in [0.2, 0.25) is 5.02 Å². The van der Waals surface area contributed by atoms with Crippen molar-refractivity contribution < 1.29 is 14.8 Å². The molecule has 3 aromatic carbocycles. The van der Waals surface area contributed by atoms with Crippen molar-refractivity contribution in [1.82, 2.24) is 4.57 Å². The molecule has 0 unspecified atom stereocenters. The highest BCUT2D eigenvalue weighted by Crippen LogP contribution is 2.30. The largest absolute Gasteiger partial charge is 0.478 e. The second-order valence-corrected chi connectivity index (χ2v) is 6.76. The number of fused-ring (bicyclic) bond motifs is 1. The van der Waals surface area contributed by atoms with Crippen molar-refractivity contribution in [1.29, 1.82) is 0 Å². The Morgan fingerprint density at radius 1 is 1.07 bits per heavy atom. The van der Waals surface area contributed by atoms with Crippen molar-refractivity contribution in [2.75, 3.05) is 5.32 Å². The number of aromatic carboxylic acids is 1. The summed E-state index contributed by atoms with van der Waals surface area (Å²) in [6.07, 6.45) is 1.77. The minimum absolute atomic E-state index is 0.0134. The van der Waals surface area contributed by atoms with Crippen molar-refractivity contribution in [3.8, 4) is 5.69 Å². The summed E-state index contributed by atoms with van der Waals surface area (Å²) in [5.41, 5.74) is 2.44. The maximum Gasteiger partial charge on any atom is 0.337 e. The third kappa shape index (κ3) is 3.51. The van der Waals surface area contributed by atoms with Gasteiger partial charge < -0.3 is 15.0 Å². The Morgan fingerprint density at radius 3 is 2.62 bits per heavy atom. The number of nitrogens with one attached hydrogen (secondary N) is 1. The van der Waals surface area contributed by atoms with E-state index in [2.05, 4.69) is 5.32 Å². The molecule has 0 spiro atoms. The molecule has 0 aliphatic rings. The number of anilines is 2. The molecule has 1 aromatic heterocycles. The molecule has 0 fully saturated rings. The fraction of sp³-hybridized carbons (Fsp3) is 0. The Labute approximate surface area is 169 Å². The van der Waals surface area contributed by atoms with Crippen molar-refractivity contribution in [3.05, 3.63) is 93.6 Å². The van der Waals surface area contributed by atoms with Crippen molar-refractivity contribution >= 4 is 45.5 Å². The number of benzene rings is 3. The molecular formula is C21H14ClN3O4. The number of rotatable bonds is 5. The van der Waals surface area contributed by atoms with E-state index in [1.54, 1.807) is 47.2 Å². The van der Waals surface area contributed by atoms with Gasteiger partial charge in [0, 0.05) is 28.4 Å². The summed E-state index contributed by atoms with van der Waals surface area (Å²) in [5, 5.41) is 25.0. The first kappa shape index (κ1) is 18.5. The third-order valence-electron chi connectivity index (χ3n) is 4.52. The van der Waals surface area contributed by atoms with Crippen LogP contribution in [0.25, 0.3) is 16.6 Å². The lowest BCUT2D eigenvalue weighted by Crippen LogP contribution is -2.02. The van der Waals surface area contributed by atoms with E-state index in [-0.39, 0.29) is 11.3 Å². The van der Waals surface area contributed by atoms with Crippen LogP contribution in [0.15, 0.2) is 72.9 Å². The van der Waals surface area contributed by atoms with Gasteiger partial charge in [0.15, 0.2) is 0 Å². The minimum atomic E-state index is -1.08. The summed E-state index contributed by atoms with van der Waals surface area (Å²) in [6.45, 7) is 0. The molecule has 0 saturated carbocycles. The highest BCUT2D eigenvalue weighted by Gasteiger charge is 2.16. The fourth-order valence-corrected chi connectivity index (χ4v) is 3.38. The van der Waals surface area contributed by atoms with Gasteiger partial charge in [-0.3, -0.25) is 10.1 Å². The molecule has 0 radical (unpaired) electrons. The SMILES string of the molecule is O=C(O)c1cc(Cl)ccc1Nc1ccc2c(ccn2-c2ccccc2[N+](=O)[O-])c1. The van der Waals surface area contributed by atoms with Crippen LogP contribution < -0.4 is 5.32 Å². The second-order valence-electron chi connectivity index (χ2n) is 6.33. The Morgan fingerprint density at radius 2 is 1.86 bits per heavy atom. The lowest BCUT2D eigenvalue weighted by atomic mass is 10.1. The van der Waals surface area contributed by atoms with Gasteiger partial charge in [0.05, 0.1) is 21.7 Å². The smallest absolute Gasteiger partial charge is 0.337 e. The molecule has 0 saturated heterocycles. The zero-order chi connectivity index (χ0) is 20.5. The predicted octanol–water partition coefficient (Wildman–Crippen LogP) is 5.63. The summed E-state index contributed by atoms with van der Waals surface area (Å²) >= 11 is 5.90. The van der Waals surface area contributed by atoms with Gasteiger partial charge in [0.1, 0.15) is 5.69 Å². The summed E-state index contributed by atoms with van der Waals surface area (Å²) < 4.78 is 1.75. The highest BCUT2D eigenvalue weighted by atomic mass is 35.5. The number of carboxylic acids is 1. The monoisotopic (exact) mass is 407 g/mol. The molecule has 4 aromatic rings. The normalized spacial score (nSPS) is 10.8. The summed E-state index contributed by atoms with van der Waals surface area (Å²) in [5.74, 6) is -1.08. The number of hydrogen-bond acceptors (Lipinski definition) is 4. The zero-order valence-electron chi connectivity index (χ0n) is 14.9. The van der Waals surface area contributed by atoms with Gasteiger partial charge in [0.2, 0.25) is 0 Å². The van der Waals surface area contributed by atoms with Crippen LogP contribution >= 0.6 is 11.6 Å². The van der Waals surface area contributed by atoms with Crippen LogP contribution in [0.1, 0.15) is 10.4 Å². The van der Waals surface area contributed by atoms with E-state index in [0.717, 1.165) is 10.9 Å². The van der Waals surface area contributed by atoms with E-state index in [0.29, 0.717) is 22.1 Å². The maximum atomic E-state index is 11.5. The molecule has 7 nitrogen and oxygen atoms in total. The molecule has 0 aliphatic carbocycles. The van der Waals surface area contributed by atoms with E-state index in [4.69, 9.17) is 11.6 Å². The van der Waals surface area contributed by atoms with Gasteiger partial charge >= 0.3 is 5.97 Å². The molecule has 4 rings (SSSR count). The number of para-hydroxylation sites is 2. The summed E-state index contributed by atoms with van der Waals surface area (Å²) in [6, 6.07) is 18.4. The molecule has 2 N–H and O–H groups in total. The lowest BCUT2D eigenvalue weighted by Gasteiger charge is -2.11. The van der Waals surface area contributed by atoms with Crippen molar-refractivity contribution in [3.63, 3.8) is 0 Å². The van der Waals surface area contributed by atoms with E-state index in [1.165, 1.54) is 12.1 Å². The molecule has 0 amide bonds. The summed E-state index contributed by atoms with van der Waals surface area (Å²) in [7, 11) is 0. The Hall–Kier alpha value is -3.84. The van der Waals surface area contributed by atoms with Gasteiger partial charge in [-0.25, -0.2) is 4.79 Å². The number of halogens is 1. The number of nitro benzene ring substituents is 1. The molecule has 0 atom stereocenters. The van der Waals surface area contributed by atoms with E-state index in [9.17, 15) is 20.0 Å². The maximum absolute atomic E-state index is 11.5. The number of nitrogens with zero attached hydrogens (tertiary/aromatic N) is 2. The molecular weight excluding hydrogens is 394 g/mol. The van der Waals surface area contributed by atoms with Crippen LogP contribution in [0.4, 0.5) is 17.1 Å². The Bertz CT molecular complexity index is 1270. The van der Waals surface area contributed by atoms with Crippen LogP contribution in [-0.4, -0.2) is 20.6 Å². The number of carbonyl (C=O) groups is 1. The van der Waals surface area contributed by atoms with E-state index < -0.39 is 10.9 Å². The van der Waals surface area contributed by atoms with Crippen LogP contribution in [0, 0.1) is 10.1 Å². The van der Waals surface area contributed by atoms with Gasteiger partial charge in [-0.1, -0.05) is 23.7 Å². The number of hydrogen-bond donors (Lipinski definition) is 2. The second kappa shape index (κ2) is 7.29. The standard InChI is InChI=1S/C21H14ClN3O4/c22-14-5-7-17(16(12-14)21(26)27)23-15-6-8-18-13(11-15)9-10-24(18)19-3-1-2-4-20(19)25(28)29/h1-12,23H,(H,26,27). The topological polar surface area (TPSA) is 97.4 Å². The van der Waals surface area contributed by atoms with Crippen molar-refractivity contribution in [2.24, 2.45) is 0 Å². The minimum Gasteiger partial charge on any atom is -0.478 e. The van der Waals surface area contributed by atoms with Gasteiger partial charge in [-0.05, 0) is 48.5 Å². The number of carboxylic acid groups (broad SMARTS) is 1. The molecule has 0 bridgehead atoms. The molecule has 29 heavy (non-hydrogen) atoms. The van der Waals surface area contributed by atoms with Crippen LogP contribution in [0.3, 0.4) is 0 Å². The van der Waals surface area contributed by atoms with E-state index in [1.807, 2.05) is 18.2 Å². The van der Waals surface area contributed by atoms with Crippen LogP contribution in [-0.2, 0) is 0 Å². The Balaban J connectivity index is 1.74. The third-order valence-corrected chi connectivity index (χ3v) is 4.75. The first-order valence-electron chi connectivity index (χ1n) is 8.59. The molecule has 1 heterocycles. The average molecular weight is 408 g/mol. The quantitative estimate of drug-likeness (QED) is 0.330. The lowest BCUT2D eigenvalue weighted by molar-refractivity contribution is -0.384. The van der Waals surface area contributed by atoms with E-state index >= 15 is 0 Å². The first-order valence-corrected chi connectivity index (χ1v) is 8.96. The first-order chi connectivity index (χ1) is 13.9. The summed E-state index contributed by atoms with van der Waals surface area (Å²) in [4.78, 5) is 22.4. The fourth-order valence-electron chi connectivity index (χ4n) is 3.21. The van der Waals surface area contributed by atoms with Gasteiger partial charge in [0.25, 0.3) is 5.69 Å². The predicted molar refractivity (Wildman–Crippen MR) is 112 cm³/mol. The zero-order valence-corrected chi connectivity index (χ0v) is 15.6.